The number of ketones is 1. The van der Waals surface area contributed by atoms with Gasteiger partial charge < -0.3 is 5.11 Å². The van der Waals surface area contributed by atoms with E-state index in [4.69, 9.17) is 0 Å². The number of carbonyl (C=O) groups excluding carboxylic acids is 1. The van der Waals surface area contributed by atoms with Crippen molar-refractivity contribution in [3.63, 3.8) is 0 Å². The van der Waals surface area contributed by atoms with Crippen LogP contribution in [0.4, 0.5) is 0 Å². The lowest BCUT2D eigenvalue weighted by atomic mass is 9.47. The second kappa shape index (κ2) is 7.17. The molecule has 5 heteroatoms. The van der Waals surface area contributed by atoms with Gasteiger partial charge in [0.2, 0.25) is 0 Å². The number of fused-ring (bicyclic) bond motifs is 7. The van der Waals surface area contributed by atoms with E-state index in [-0.39, 0.29) is 11.3 Å². The maximum atomic E-state index is 13.8. The molecule has 0 unspecified atom stereocenters. The molecule has 0 radical (unpaired) electrons. The molecule has 0 aliphatic heterocycles. The Balaban J connectivity index is 1.26. The first-order chi connectivity index (χ1) is 15.7. The van der Waals surface area contributed by atoms with Gasteiger partial charge in [-0.1, -0.05) is 13.8 Å². The highest BCUT2D eigenvalue weighted by molar-refractivity contribution is 5.83. The fraction of sp³-hybridized carbons (Fsp3) is 0.821. The van der Waals surface area contributed by atoms with E-state index >= 15 is 0 Å². The van der Waals surface area contributed by atoms with Crippen molar-refractivity contribution in [1.29, 1.82) is 5.26 Å². The van der Waals surface area contributed by atoms with Crippen molar-refractivity contribution in [1.82, 2.24) is 9.78 Å². The first-order valence-corrected chi connectivity index (χ1v) is 13.3. The van der Waals surface area contributed by atoms with Crippen LogP contribution in [0.2, 0.25) is 0 Å². The van der Waals surface area contributed by atoms with Gasteiger partial charge in [0.1, 0.15) is 12.6 Å². The summed E-state index contributed by atoms with van der Waals surface area (Å²) in [6, 6.07) is 2.18. The average molecular weight is 450 g/mol. The Labute approximate surface area is 197 Å². The summed E-state index contributed by atoms with van der Waals surface area (Å²) in [5.41, 5.74) is 1.03. The van der Waals surface area contributed by atoms with Gasteiger partial charge in [-0.05, 0) is 112 Å². The third kappa shape index (κ3) is 3.05. The summed E-state index contributed by atoms with van der Waals surface area (Å²) in [5.74, 6) is 6.13. The minimum atomic E-state index is -0.464. The SMILES string of the molecule is Cc1c(C#N)cnn1CC(=O)[C@H]1[C@H]2[C@@H](C)[C@H]2[C@H]2[C@@H]3CC[C@@H]4C[C@](C)(O)CC[C@@H]4[C@H]3CC[C@@]21C. The molecule has 5 fully saturated rings. The van der Waals surface area contributed by atoms with E-state index in [1.807, 2.05) is 13.8 Å². The van der Waals surface area contributed by atoms with Crippen LogP contribution in [0.3, 0.4) is 0 Å². The minimum absolute atomic E-state index is 0.117. The van der Waals surface area contributed by atoms with E-state index in [0.717, 1.165) is 36.3 Å². The molecule has 11 atom stereocenters. The molecule has 1 aromatic heterocycles. The Hall–Kier alpha value is -1.67. The Morgan fingerprint density at radius 3 is 2.67 bits per heavy atom. The van der Waals surface area contributed by atoms with Crippen molar-refractivity contribution in [3.8, 4) is 6.07 Å². The number of hydrogen-bond acceptors (Lipinski definition) is 4. The standard InChI is InChI=1S/C28H39N3O2/c1-15-23-24(15)26(22(32)14-31-16(2)18(12-29)13-30-31)28(4)10-8-20-19-7-9-27(3,33)11-17(19)5-6-21(20)25(23)28/h13,15,17,19-21,23-26,33H,5-11,14H2,1-4H3/t15-,17+,19-,20+,21+,23+,24-,25+,26-,27+,28-/m0/s1. The zero-order valence-electron chi connectivity index (χ0n) is 20.6. The second-order valence-electron chi connectivity index (χ2n) is 13.0. The monoisotopic (exact) mass is 449 g/mol. The molecule has 5 aliphatic rings. The van der Waals surface area contributed by atoms with Crippen LogP contribution in [0.25, 0.3) is 0 Å². The highest BCUT2D eigenvalue weighted by Crippen LogP contribution is 2.76. The predicted octanol–water partition coefficient (Wildman–Crippen LogP) is 4.75. The van der Waals surface area contributed by atoms with Crippen LogP contribution >= 0.6 is 0 Å². The van der Waals surface area contributed by atoms with Crippen LogP contribution in [0.1, 0.15) is 77.0 Å². The molecular weight excluding hydrogens is 410 g/mol. The zero-order chi connectivity index (χ0) is 23.3. The Bertz CT molecular complexity index is 1020. The number of nitriles is 1. The first kappa shape index (κ1) is 21.8. The van der Waals surface area contributed by atoms with Crippen LogP contribution in [0, 0.1) is 76.9 Å². The van der Waals surface area contributed by atoms with Gasteiger partial charge in [0, 0.05) is 5.92 Å². The molecule has 0 saturated heterocycles. The van der Waals surface area contributed by atoms with Crippen molar-refractivity contribution < 1.29 is 9.90 Å². The molecule has 0 spiro atoms. The van der Waals surface area contributed by atoms with Gasteiger partial charge in [-0.3, -0.25) is 9.48 Å². The fourth-order valence-corrected chi connectivity index (χ4v) is 10.0. The molecule has 1 heterocycles. The molecular formula is C28H39N3O2. The normalized spacial score (nSPS) is 49.9. The van der Waals surface area contributed by atoms with Crippen LogP contribution in [0.15, 0.2) is 6.20 Å². The lowest BCUT2D eigenvalue weighted by molar-refractivity contribution is -0.137. The van der Waals surface area contributed by atoms with Crippen molar-refractivity contribution in [2.45, 2.75) is 84.8 Å². The van der Waals surface area contributed by atoms with Gasteiger partial charge in [0.05, 0.1) is 23.1 Å². The molecule has 1 N–H and O–H groups in total. The average Bonchev–Trinajstić information content (AvgIpc) is 3.11. The van der Waals surface area contributed by atoms with Crippen molar-refractivity contribution in [2.24, 2.45) is 58.7 Å². The fourth-order valence-electron chi connectivity index (χ4n) is 10.0. The number of Topliss-reactive ketones (excluding diaryl/α,β-unsaturated/α-hetero) is 1. The Kier molecular flexibility index (Phi) is 4.74. The van der Waals surface area contributed by atoms with Crippen molar-refractivity contribution in [2.75, 3.05) is 0 Å². The highest BCUT2D eigenvalue weighted by Gasteiger charge is 2.73. The van der Waals surface area contributed by atoms with Crippen LogP contribution in [0.5, 0.6) is 0 Å². The third-order valence-corrected chi connectivity index (χ3v) is 11.4. The maximum Gasteiger partial charge on any atom is 0.158 e. The maximum absolute atomic E-state index is 13.8. The summed E-state index contributed by atoms with van der Waals surface area (Å²) in [4.78, 5) is 13.8. The molecule has 0 bridgehead atoms. The molecule has 33 heavy (non-hydrogen) atoms. The van der Waals surface area contributed by atoms with Crippen molar-refractivity contribution >= 4 is 5.78 Å². The summed E-state index contributed by atoms with van der Waals surface area (Å²) in [6.45, 7) is 9.08. The highest BCUT2D eigenvalue weighted by atomic mass is 16.3. The van der Waals surface area contributed by atoms with E-state index < -0.39 is 5.60 Å². The number of nitrogens with zero attached hydrogens (tertiary/aromatic N) is 3. The lowest BCUT2D eigenvalue weighted by Crippen LogP contribution is -2.52. The molecule has 0 amide bonds. The smallest absolute Gasteiger partial charge is 0.158 e. The molecule has 0 aromatic carbocycles. The topological polar surface area (TPSA) is 78.9 Å². The first-order valence-electron chi connectivity index (χ1n) is 13.3. The van der Waals surface area contributed by atoms with Gasteiger partial charge in [-0.2, -0.15) is 10.4 Å². The van der Waals surface area contributed by atoms with E-state index in [1.165, 1.54) is 32.1 Å². The third-order valence-electron chi connectivity index (χ3n) is 11.4. The molecule has 5 nitrogen and oxygen atoms in total. The predicted molar refractivity (Wildman–Crippen MR) is 125 cm³/mol. The van der Waals surface area contributed by atoms with Gasteiger partial charge in [0.25, 0.3) is 0 Å². The number of aliphatic hydroxyl groups is 1. The molecule has 1 aromatic rings. The summed E-state index contributed by atoms with van der Waals surface area (Å²) < 4.78 is 1.75. The number of aromatic nitrogens is 2. The minimum Gasteiger partial charge on any atom is -0.390 e. The van der Waals surface area contributed by atoms with E-state index in [9.17, 15) is 15.2 Å². The summed E-state index contributed by atoms with van der Waals surface area (Å²) in [6.07, 6.45) is 9.72. The van der Waals surface area contributed by atoms with Gasteiger partial charge in [-0.25, -0.2) is 0 Å². The summed E-state index contributed by atoms with van der Waals surface area (Å²) in [7, 11) is 0. The molecule has 5 saturated carbocycles. The van der Waals surface area contributed by atoms with Gasteiger partial charge in [-0.15, -0.1) is 0 Å². The molecule has 5 aliphatic carbocycles. The van der Waals surface area contributed by atoms with Crippen LogP contribution in [-0.4, -0.2) is 26.3 Å². The Morgan fingerprint density at radius 1 is 1.18 bits per heavy atom. The van der Waals surface area contributed by atoms with Crippen molar-refractivity contribution in [3.05, 3.63) is 17.5 Å². The van der Waals surface area contributed by atoms with Gasteiger partial charge >= 0.3 is 0 Å². The van der Waals surface area contributed by atoms with E-state index in [0.29, 0.717) is 47.5 Å². The second-order valence-corrected chi connectivity index (χ2v) is 13.0. The summed E-state index contributed by atoms with van der Waals surface area (Å²) in [5, 5.41) is 24.3. The van der Waals surface area contributed by atoms with Crippen LogP contribution < -0.4 is 0 Å². The number of hydrogen-bond donors (Lipinski definition) is 1. The van der Waals surface area contributed by atoms with Gasteiger partial charge in [0.15, 0.2) is 5.78 Å². The number of rotatable bonds is 3. The lowest BCUT2D eigenvalue weighted by Gasteiger charge is -2.58. The van der Waals surface area contributed by atoms with Crippen LogP contribution in [-0.2, 0) is 11.3 Å². The number of carbonyl (C=O) groups is 1. The summed E-state index contributed by atoms with van der Waals surface area (Å²) >= 11 is 0. The quantitative estimate of drug-likeness (QED) is 0.722. The zero-order valence-corrected chi connectivity index (χ0v) is 20.6. The van der Waals surface area contributed by atoms with E-state index in [2.05, 4.69) is 25.0 Å². The molecule has 6 rings (SSSR count). The Morgan fingerprint density at radius 2 is 1.94 bits per heavy atom. The molecule has 178 valence electrons. The largest absolute Gasteiger partial charge is 0.390 e. The van der Waals surface area contributed by atoms with E-state index in [1.54, 1.807) is 10.9 Å².